The number of alkyl halides is 3. The number of hydrogen-bond donors (Lipinski definition) is 3. The number of anilines is 2. The number of carboxylic acid groups (broad SMARTS) is 1. The number of aromatic nitrogens is 1. The van der Waals surface area contributed by atoms with Crippen molar-refractivity contribution in [1.29, 1.82) is 0 Å². The Morgan fingerprint density at radius 1 is 1.08 bits per heavy atom. The second-order valence-corrected chi connectivity index (χ2v) is 9.65. The van der Waals surface area contributed by atoms with Gasteiger partial charge in [0.05, 0.1) is 0 Å². The second-order valence-electron chi connectivity index (χ2n) is 9.65. The quantitative estimate of drug-likeness (QED) is 0.431. The Labute approximate surface area is 213 Å². The summed E-state index contributed by atoms with van der Waals surface area (Å²) >= 11 is 0. The monoisotopic (exact) mass is 516 g/mol. The van der Waals surface area contributed by atoms with Gasteiger partial charge in [-0.25, -0.2) is 4.79 Å². The number of H-pyrrole nitrogens is 1. The highest BCUT2D eigenvalue weighted by molar-refractivity contribution is 6.06. The molecule has 1 amide bonds. The molecule has 3 aromatic rings. The largest absolute Gasteiger partial charge is 0.490 e. The van der Waals surface area contributed by atoms with E-state index in [9.17, 15) is 18.0 Å². The first-order valence-corrected chi connectivity index (χ1v) is 12.3. The molecule has 2 fully saturated rings. The summed E-state index contributed by atoms with van der Waals surface area (Å²) in [6.07, 6.45) is -1.18. The van der Waals surface area contributed by atoms with Crippen LogP contribution in [0.3, 0.4) is 0 Å². The van der Waals surface area contributed by atoms with Crippen LogP contribution in [0.2, 0.25) is 0 Å². The lowest BCUT2D eigenvalue weighted by atomic mass is 10.1. The summed E-state index contributed by atoms with van der Waals surface area (Å²) in [5, 5.41) is 11.2. The Bertz CT molecular complexity index is 1240. The minimum absolute atomic E-state index is 0.109. The van der Waals surface area contributed by atoms with Crippen LogP contribution in [0.1, 0.15) is 42.2 Å². The number of fused-ring (bicyclic) bond motifs is 1. The van der Waals surface area contributed by atoms with Gasteiger partial charge in [-0.1, -0.05) is 18.2 Å². The molecule has 0 spiro atoms. The molecule has 2 aliphatic rings. The molecule has 3 N–H and O–H groups in total. The Morgan fingerprint density at radius 2 is 1.81 bits per heavy atom. The average Bonchev–Trinajstić information content (AvgIpc) is 3.58. The van der Waals surface area contributed by atoms with Crippen molar-refractivity contribution in [2.45, 2.75) is 51.4 Å². The maximum Gasteiger partial charge on any atom is 0.490 e. The van der Waals surface area contributed by atoms with Gasteiger partial charge in [0.2, 0.25) is 0 Å². The highest BCUT2D eigenvalue weighted by Gasteiger charge is 2.38. The molecule has 3 heterocycles. The van der Waals surface area contributed by atoms with E-state index in [0.29, 0.717) is 11.7 Å². The normalized spacial score (nSPS) is 20.1. The van der Waals surface area contributed by atoms with Gasteiger partial charge in [-0.2, -0.15) is 13.2 Å². The van der Waals surface area contributed by atoms with Crippen LogP contribution in [0, 0.1) is 6.92 Å². The van der Waals surface area contributed by atoms with Crippen molar-refractivity contribution >= 4 is 34.2 Å². The average molecular weight is 517 g/mol. The fraction of sp³-hybridized carbons (Fsp3) is 0.407. The number of nitrogens with zero attached hydrogens (tertiary/aromatic N) is 2. The fourth-order valence-corrected chi connectivity index (χ4v) is 5.21. The lowest BCUT2D eigenvalue weighted by molar-refractivity contribution is -0.192. The third-order valence-electron chi connectivity index (χ3n) is 7.05. The Kier molecular flexibility index (Phi) is 7.77. The van der Waals surface area contributed by atoms with E-state index in [0.717, 1.165) is 35.7 Å². The van der Waals surface area contributed by atoms with E-state index < -0.39 is 12.1 Å². The number of amides is 1. The van der Waals surface area contributed by atoms with Gasteiger partial charge in [0, 0.05) is 47.5 Å². The number of nitrogens with one attached hydrogen (secondary N) is 2. The van der Waals surface area contributed by atoms with E-state index in [1.165, 1.54) is 37.1 Å². The first-order chi connectivity index (χ1) is 17.5. The molecule has 0 saturated carbocycles. The number of carbonyl (C=O) groups is 2. The topological polar surface area (TPSA) is 88.7 Å². The number of halogens is 3. The molecular weight excluding hydrogens is 485 g/mol. The number of aryl methyl sites for hydroxylation is 1. The molecule has 2 aliphatic heterocycles. The van der Waals surface area contributed by atoms with Gasteiger partial charge >= 0.3 is 12.1 Å². The van der Waals surface area contributed by atoms with Crippen molar-refractivity contribution in [2.24, 2.45) is 0 Å². The molecule has 1 aromatic heterocycles. The van der Waals surface area contributed by atoms with Gasteiger partial charge in [0.25, 0.3) is 5.91 Å². The number of rotatable bonds is 4. The molecule has 10 heteroatoms. The summed E-state index contributed by atoms with van der Waals surface area (Å²) < 4.78 is 31.7. The van der Waals surface area contributed by atoms with E-state index in [2.05, 4.69) is 46.1 Å². The third kappa shape index (κ3) is 6.25. The molecular formula is C27H31F3N4O3. The van der Waals surface area contributed by atoms with Crippen molar-refractivity contribution in [2.75, 3.05) is 29.9 Å². The zero-order valence-electron chi connectivity index (χ0n) is 20.8. The van der Waals surface area contributed by atoms with Crippen LogP contribution in [0.15, 0.2) is 48.5 Å². The smallest absolute Gasteiger partial charge is 0.475 e. The van der Waals surface area contributed by atoms with Crippen LogP contribution in [0.5, 0.6) is 0 Å². The lowest BCUT2D eigenvalue weighted by Gasteiger charge is -2.29. The minimum atomic E-state index is -5.08. The van der Waals surface area contributed by atoms with Crippen molar-refractivity contribution in [3.8, 4) is 0 Å². The summed E-state index contributed by atoms with van der Waals surface area (Å²) in [4.78, 5) is 30.0. The number of hydrogen-bond acceptors (Lipinski definition) is 4. The van der Waals surface area contributed by atoms with E-state index >= 15 is 0 Å². The lowest BCUT2D eigenvalue weighted by Crippen LogP contribution is -2.39. The van der Waals surface area contributed by atoms with Gasteiger partial charge in [-0.3, -0.25) is 9.69 Å². The zero-order valence-corrected chi connectivity index (χ0v) is 20.8. The minimum Gasteiger partial charge on any atom is -0.475 e. The Morgan fingerprint density at radius 3 is 2.43 bits per heavy atom. The van der Waals surface area contributed by atoms with E-state index in [4.69, 9.17) is 9.90 Å². The van der Waals surface area contributed by atoms with Gasteiger partial charge in [0.15, 0.2) is 0 Å². The van der Waals surface area contributed by atoms with Crippen molar-refractivity contribution in [3.05, 3.63) is 59.8 Å². The van der Waals surface area contributed by atoms with E-state index in [1.807, 2.05) is 36.4 Å². The molecule has 2 saturated heterocycles. The van der Waals surface area contributed by atoms with Gasteiger partial charge < -0.3 is 20.3 Å². The number of carbonyl (C=O) groups excluding carboxylic acids is 1. The van der Waals surface area contributed by atoms with Crippen LogP contribution in [0.25, 0.3) is 10.9 Å². The zero-order chi connectivity index (χ0) is 26.7. The Hall–Kier alpha value is -3.53. The van der Waals surface area contributed by atoms with Crippen molar-refractivity contribution < 1.29 is 27.9 Å². The number of aromatic amines is 1. The first kappa shape index (κ1) is 26.5. The van der Waals surface area contributed by atoms with Crippen LogP contribution >= 0.6 is 0 Å². The van der Waals surface area contributed by atoms with Crippen LogP contribution in [0.4, 0.5) is 24.5 Å². The molecule has 2 unspecified atom stereocenters. The molecule has 37 heavy (non-hydrogen) atoms. The van der Waals surface area contributed by atoms with Gasteiger partial charge in [-0.05, 0) is 75.5 Å². The highest BCUT2D eigenvalue weighted by atomic mass is 19.4. The predicted molar refractivity (Wildman–Crippen MR) is 137 cm³/mol. The summed E-state index contributed by atoms with van der Waals surface area (Å²) in [7, 11) is 0. The number of para-hydroxylation sites is 1. The molecule has 5 rings (SSSR count). The van der Waals surface area contributed by atoms with E-state index in [-0.39, 0.29) is 5.91 Å². The first-order valence-electron chi connectivity index (χ1n) is 12.3. The van der Waals surface area contributed by atoms with Crippen LogP contribution < -0.4 is 10.2 Å². The highest BCUT2D eigenvalue weighted by Crippen LogP contribution is 2.31. The van der Waals surface area contributed by atoms with Crippen molar-refractivity contribution in [3.63, 3.8) is 0 Å². The maximum absolute atomic E-state index is 12.7. The molecule has 2 atom stereocenters. The fourth-order valence-electron chi connectivity index (χ4n) is 5.21. The number of benzene rings is 2. The Balaban J connectivity index is 0.000000405. The maximum atomic E-state index is 12.7. The molecule has 0 bridgehead atoms. The van der Waals surface area contributed by atoms with Crippen LogP contribution in [-0.2, 0) is 4.79 Å². The second kappa shape index (κ2) is 10.8. The molecule has 0 radical (unpaired) electrons. The predicted octanol–water partition coefficient (Wildman–Crippen LogP) is 5.42. The van der Waals surface area contributed by atoms with Gasteiger partial charge in [-0.15, -0.1) is 0 Å². The third-order valence-corrected chi connectivity index (χ3v) is 7.05. The number of carboxylic acids is 1. The van der Waals surface area contributed by atoms with Crippen molar-refractivity contribution in [1.82, 2.24) is 9.88 Å². The standard InChI is InChI=1S/C25H30N4O.C2HF3O2/c1-17-14-20(26-25(30)23-15-19-7-3-4-8-22(19)27-23)9-10-24(17)28-13-11-21(16-28)29-12-5-6-18(29)2;3-2(4,5)1(6)7/h3-4,7-10,14-15,18,21,27H,5-6,11-13,16H2,1-2H3,(H,26,30);(H,6,7). The SMILES string of the molecule is Cc1cc(NC(=O)c2cc3ccccc3[nH]2)ccc1N1CCC(N2CCCC2C)C1.O=C(O)C(F)(F)F. The molecule has 2 aromatic carbocycles. The molecule has 7 nitrogen and oxygen atoms in total. The van der Waals surface area contributed by atoms with E-state index in [1.54, 1.807) is 0 Å². The summed E-state index contributed by atoms with van der Waals surface area (Å²) in [5.74, 6) is -2.87. The number of likely N-dealkylation sites (tertiary alicyclic amines) is 1. The van der Waals surface area contributed by atoms with Crippen LogP contribution in [-0.4, -0.2) is 64.8 Å². The summed E-state index contributed by atoms with van der Waals surface area (Å²) in [5.41, 5.74) is 4.89. The van der Waals surface area contributed by atoms with Gasteiger partial charge in [0.1, 0.15) is 5.69 Å². The summed E-state index contributed by atoms with van der Waals surface area (Å²) in [6, 6.07) is 17.5. The molecule has 0 aliphatic carbocycles. The summed E-state index contributed by atoms with van der Waals surface area (Å²) in [6.45, 7) is 7.96. The molecule has 198 valence electrons. The number of aliphatic carboxylic acids is 1.